The third kappa shape index (κ3) is 2.84. The van der Waals surface area contributed by atoms with Gasteiger partial charge in [-0.1, -0.05) is 12.1 Å². The lowest BCUT2D eigenvalue weighted by Crippen LogP contribution is -2.04. The van der Waals surface area contributed by atoms with E-state index in [-0.39, 0.29) is 0 Å². The quantitative estimate of drug-likeness (QED) is 0.740. The normalized spacial score (nSPS) is 10.5. The summed E-state index contributed by atoms with van der Waals surface area (Å²) in [6.07, 6.45) is 0. The van der Waals surface area contributed by atoms with E-state index in [1.54, 1.807) is 11.8 Å². The molecule has 0 fully saturated rings. The Balaban J connectivity index is 1.86. The fourth-order valence-corrected chi connectivity index (χ4v) is 2.05. The number of nitrogen functional groups attached to an aromatic ring is 1. The first-order valence-electron chi connectivity index (χ1n) is 6.51. The molecular formula is C15H15N5O. The zero-order valence-corrected chi connectivity index (χ0v) is 11.6. The number of hydrogen-bond acceptors (Lipinski definition) is 5. The SMILES string of the molecule is COc1ccc(Cn2nnnc2-c2ccc(N)cc2)cc1. The minimum absolute atomic E-state index is 0.594. The van der Waals surface area contributed by atoms with E-state index in [1.165, 1.54) is 0 Å². The van der Waals surface area contributed by atoms with E-state index in [0.717, 1.165) is 16.9 Å². The molecule has 1 heterocycles. The topological polar surface area (TPSA) is 78.8 Å². The number of methoxy groups -OCH3 is 1. The molecule has 0 saturated carbocycles. The molecule has 0 aliphatic rings. The molecule has 1 aromatic heterocycles. The molecule has 0 saturated heterocycles. The van der Waals surface area contributed by atoms with Gasteiger partial charge < -0.3 is 10.5 Å². The van der Waals surface area contributed by atoms with Crippen molar-refractivity contribution in [1.29, 1.82) is 0 Å². The predicted molar refractivity (Wildman–Crippen MR) is 79.8 cm³/mol. The van der Waals surface area contributed by atoms with Gasteiger partial charge in [0.25, 0.3) is 0 Å². The molecule has 0 radical (unpaired) electrons. The predicted octanol–water partition coefficient (Wildman–Crippen LogP) is 1.98. The van der Waals surface area contributed by atoms with Gasteiger partial charge >= 0.3 is 0 Å². The lowest BCUT2D eigenvalue weighted by Gasteiger charge is -2.06. The molecule has 3 rings (SSSR count). The smallest absolute Gasteiger partial charge is 0.182 e. The summed E-state index contributed by atoms with van der Waals surface area (Å²) in [5, 5.41) is 11.9. The van der Waals surface area contributed by atoms with Gasteiger partial charge in [0.15, 0.2) is 5.82 Å². The van der Waals surface area contributed by atoms with Gasteiger partial charge in [0.1, 0.15) is 5.75 Å². The van der Waals surface area contributed by atoms with E-state index in [9.17, 15) is 0 Å². The van der Waals surface area contributed by atoms with Crippen LogP contribution in [0, 0.1) is 0 Å². The van der Waals surface area contributed by atoms with Gasteiger partial charge in [0.2, 0.25) is 0 Å². The van der Waals surface area contributed by atoms with Crippen LogP contribution in [0.15, 0.2) is 48.5 Å². The number of anilines is 1. The summed E-state index contributed by atoms with van der Waals surface area (Å²) in [5.74, 6) is 1.54. The van der Waals surface area contributed by atoms with Crippen LogP contribution in [0.4, 0.5) is 5.69 Å². The second kappa shape index (κ2) is 5.62. The maximum absolute atomic E-state index is 5.70. The Morgan fingerprint density at radius 2 is 1.76 bits per heavy atom. The number of tetrazole rings is 1. The molecule has 0 amide bonds. The van der Waals surface area contributed by atoms with Gasteiger partial charge in [0, 0.05) is 11.3 Å². The highest BCUT2D eigenvalue weighted by Gasteiger charge is 2.09. The number of benzene rings is 2. The first-order valence-corrected chi connectivity index (χ1v) is 6.51. The molecule has 6 heteroatoms. The second-order valence-corrected chi connectivity index (χ2v) is 4.63. The molecule has 0 unspecified atom stereocenters. The monoisotopic (exact) mass is 281 g/mol. The average Bonchev–Trinajstić information content (AvgIpc) is 2.97. The Hall–Kier alpha value is -2.89. The zero-order valence-electron chi connectivity index (χ0n) is 11.6. The van der Waals surface area contributed by atoms with Crippen LogP contribution in [0.2, 0.25) is 0 Å². The fraction of sp³-hybridized carbons (Fsp3) is 0.133. The molecule has 106 valence electrons. The van der Waals surface area contributed by atoms with Crippen molar-refractivity contribution in [3.05, 3.63) is 54.1 Å². The first kappa shape index (κ1) is 13.1. The van der Waals surface area contributed by atoms with Crippen molar-refractivity contribution in [2.75, 3.05) is 12.8 Å². The molecule has 6 nitrogen and oxygen atoms in total. The summed E-state index contributed by atoms with van der Waals surface area (Å²) in [6.45, 7) is 0.594. The zero-order chi connectivity index (χ0) is 14.7. The lowest BCUT2D eigenvalue weighted by molar-refractivity contribution is 0.414. The minimum Gasteiger partial charge on any atom is -0.497 e. The Kier molecular flexibility index (Phi) is 3.51. The number of ether oxygens (including phenoxy) is 1. The number of rotatable bonds is 4. The van der Waals surface area contributed by atoms with Gasteiger partial charge in [-0.3, -0.25) is 0 Å². The lowest BCUT2D eigenvalue weighted by atomic mass is 10.2. The van der Waals surface area contributed by atoms with Crippen molar-refractivity contribution in [1.82, 2.24) is 20.2 Å². The van der Waals surface area contributed by atoms with Gasteiger partial charge in [-0.15, -0.1) is 5.10 Å². The summed E-state index contributed by atoms with van der Waals surface area (Å²) in [7, 11) is 1.65. The van der Waals surface area contributed by atoms with Crippen LogP contribution in [-0.4, -0.2) is 27.3 Å². The van der Waals surface area contributed by atoms with E-state index >= 15 is 0 Å². The van der Waals surface area contributed by atoms with Gasteiger partial charge in [-0.05, 0) is 52.4 Å². The van der Waals surface area contributed by atoms with Crippen molar-refractivity contribution in [2.45, 2.75) is 6.54 Å². The third-order valence-corrected chi connectivity index (χ3v) is 3.19. The van der Waals surface area contributed by atoms with E-state index in [4.69, 9.17) is 10.5 Å². The molecule has 2 aromatic carbocycles. The van der Waals surface area contributed by atoms with Crippen molar-refractivity contribution in [3.8, 4) is 17.1 Å². The second-order valence-electron chi connectivity index (χ2n) is 4.63. The maximum atomic E-state index is 5.70. The van der Waals surface area contributed by atoms with Crippen LogP contribution in [0.3, 0.4) is 0 Å². The molecule has 0 bridgehead atoms. The van der Waals surface area contributed by atoms with Gasteiger partial charge in [0.05, 0.1) is 13.7 Å². The number of nitrogens with zero attached hydrogens (tertiary/aromatic N) is 4. The van der Waals surface area contributed by atoms with Crippen LogP contribution >= 0.6 is 0 Å². The van der Waals surface area contributed by atoms with Crippen molar-refractivity contribution >= 4 is 5.69 Å². The Morgan fingerprint density at radius 1 is 1.05 bits per heavy atom. The van der Waals surface area contributed by atoms with Crippen LogP contribution in [-0.2, 0) is 6.54 Å². The average molecular weight is 281 g/mol. The largest absolute Gasteiger partial charge is 0.497 e. The highest BCUT2D eigenvalue weighted by molar-refractivity contribution is 5.58. The summed E-state index contributed by atoms with van der Waals surface area (Å²) in [4.78, 5) is 0. The highest BCUT2D eigenvalue weighted by Crippen LogP contribution is 2.19. The number of hydrogen-bond donors (Lipinski definition) is 1. The van der Waals surface area contributed by atoms with Crippen LogP contribution < -0.4 is 10.5 Å². The molecule has 3 aromatic rings. The fourth-order valence-electron chi connectivity index (χ4n) is 2.05. The highest BCUT2D eigenvalue weighted by atomic mass is 16.5. The van der Waals surface area contributed by atoms with Gasteiger partial charge in [-0.2, -0.15) is 0 Å². The molecule has 2 N–H and O–H groups in total. The Bertz CT molecular complexity index is 719. The molecule has 0 atom stereocenters. The summed E-state index contributed by atoms with van der Waals surface area (Å²) in [6, 6.07) is 15.3. The number of nitrogens with two attached hydrogens (primary N) is 1. The first-order chi connectivity index (χ1) is 10.3. The van der Waals surface area contributed by atoms with E-state index in [1.807, 2.05) is 48.5 Å². The third-order valence-electron chi connectivity index (χ3n) is 3.19. The van der Waals surface area contributed by atoms with Crippen LogP contribution in [0.5, 0.6) is 5.75 Å². The van der Waals surface area contributed by atoms with E-state index in [0.29, 0.717) is 18.1 Å². The molecule has 0 aliphatic carbocycles. The Labute approximate surface area is 122 Å². The van der Waals surface area contributed by atoms with Gasteiger partial charge in [-0.25, -0.2) is 4.68 Å². The molecule has 0 spiro atoms. The molecule has 0 aliphatic heterocycles. The summed E-state index contributed by atoms with van der Waals surface area (Å²) >= 11 is 0. The minimum atomic E-state index is 0.594. The van der Waals surface area contributed by atoms with Crippen molar-refractivity contribution in [2.24, 2.45) is 0 Å². The van der Waals surface area contributed by atoms with Crippen LogP contribution in [0.25, 0.3) is 11.4 Å². The summed E-state index contributed by atoms with van der Waals surface area (Å²) < 4.78 is 6.91. The Morgan fingerprint density at radius 3 is 2.43 bits per heavy atom. The van der Waals surface area contributed by atoms with E-state index in [2.05, 4.69) is 15.5 Å². The molecular weight excluding hydrogens is 266 g/mol. The molecule has 21 heavy (non-hydrogen) atoms. The summed E-state index contributed by atoms with van der Waals surface area (Å²) in [5.41, 5.74) is 8.44. The number of aromatic nitrogens is 4. The van der Waals surface area contributed by atoms with E-state index < -0.39 is 0 Å². The standard InChI is InChI=1S/C15H15N5O/c1-21-14-8-2-11(3-9-14)10-20-15(17-18-19-20)12-4-6-13(16)7-5-12/h2-9H,10,16H2,1H3. The maximum Gasteiger partial charge on any atom is 0.182 e. The van der Waals surface area contributed by atoms with Crippen LogP contribution in [0.1, 0.15) is 5.56 Å². The van der Waals surface area contributed by atoms with Crippen molar-refractivity contribution < 1.29 is 4.74 Å². The van der Waals surface area contributed by atoms with Crippen molar-refractivity contribution in [3.63, 3.8) is 0 Å².